The molecule has 0 aliphatic heterocycles. The minimum atomic E-state index is -0.386. The van der Waals surface area contributed by atoms with Gasteiger partial charge in [0.05, 0.1) is 6.10 Å². The minimum absolute atomic E-state index is 0.386. The summed E-state index contributed by atoms with van der Waals surface area (Å²) in [5.74, 6) is 0. The van der Waals surface area contributed by atoms with Crippen molar-refractivity contribution in [2.45, 2.75) is 20.0 Å². The standard InChI is InChI=1S/C15H15BrOS/c1-10(11(2)17)9-14-7-8-15(18-14)12-3-5-13(16)6-4-12/h3-9,11,17H,1-2H3/b10-9+. The zero-order valence-corrected chi connectivity index (χ0v) is 12.8. The molecule has 1 unspecified atom stereocenters. The van der Waals surface area contributed by atoms with Crippen LogP contribution in [0.5, 0.6) is 0 Å². The van der Waals surface area contributed by atoms with Gasteiger partial charge in [-0.1, -0.05) is 28.1 Å². The first kappa shape index (κ1) is 13.5. The Kier molecular flexibility index (Phi) is 4.38. The van der Waals surface area contributed by atoms with Gasteiger partial charge in [-0.15, -0.1) is 11.3 Å². The predicted molar refractivity (Wildman–Crippen MR) is 82.8 cm³/mol. The van der Waals surface area contributed by atoms with Gasteiger partial charge in [-0.2, -0.15) is 0 Å². The first-order valence-corrected chi connectivity index (χ1v) is 7.39. The molecule has 0 aliphatic rings. The molecule has 0 fully saturated rings. The fraction of sp³-hybridized carbons (Fsp3) is 0.200. The smallest absolute Gasteiger partial charge is 0.0722 e. The molecule has 0 bridgehead atoms. The van der Waals surface area contributed by atoms with Gasteiger partial charge in [0.2, 0.25) is 0 Å². The maximum absolute atomic E-state index is 9.47. The van der Waals surface area contributed by atoms with Crippen LogP contribution in [0.1, 0.15) is 18.7 Å². The van der Waals surface area contributed by atoms with Crippen LogP contribution in [0, 0.1) is 0 Å². The summed E-state index contributed by atoms with van der Waals surface area (Å²) in [7, 11) is 0. The molecule has 1 heterocycles. The van der Waals surface area contributed by atoms with Gasteiger partial charge < -0.3 is 5.11 Å². The zero-order chi connectivity index (χ0) is 13.1. The fourth-order valence-corrected chi connectivity index (χ4v) is 2.83. The number of aliphatic hydroxyl groups excluding tert-OH is 1. The van der Waals surface area contributed by atoms with Gasteiger partial charge in [0, 0.05) is 14.2 Å². The van der Waals surface area contributed by atoms with E-state index in [2.05, 4.69) is 40.2 Å². The lowest BCUT2D eigenvalue weighted by Gasteiger charge is -2.02. The molecule has 2 rings (SSSR count). The van der Waals surface area contributed by atoms with E-state index in [0.29, 0.717) is 0 Å². The highest BCUT2D eigenvalue weighted by Crippen LogP contribution is 2.30. The third-order valence-corrected chi connectivity index (χ3v) is 4.39. The monoisotopic (exact) mass is 322 g/mol. The molecule has 0 spiro atoms. The molecule has 1 aromatic carbocycles. The van der Waals surface area contributed by atoms with Crippen molar-refractivity contribution in [1.82, 2.24) is 0 Å². The highest BCUT2D eigenvalue weighted by molar-refractivity contribution is 9.10. The molecule has 18 heavy (non-hydrogen) atoms. The van der Waals surface area contributed by atoms with Crippen LogP contribution in [0.2, 0.25) is 0 Å². The zero-order valence-electron chi connectivity index (χ0n) is 10.4. The molecule has 1 atom stereocenters. The number of benzene rings is 1. The van der Waals surface area contributed by atoms with E-state index in [4.69, 9.17) is 0 Å². The number of halogens is 1. The molecule has 0 radical (unpaired) electrons. The number of hydrogen-bond acceptors (Lipinski definition) is 2. The van der Waals surface area contributed by atoms with Crippen molar-refractivity contribution in [2.75, 3.05) is 0 Å². The molecule has 3 heteroatoms. The van der Waals surface area contributed by atoms with E-state index in [1.807, 2.05) is 25.1 Å². The van der Waals surface area contributed by atoms with E-state index >= 15 is 0 Å². The molecule has 2 aromatic rings. The maximum Gasteiger partial charge on any atom is 0.0722 e. The SMILES string of the molecule is C/C(=C\c1ccc(-c2ccc(Br)cc2)s1)C(C)O. The van der Waals surface area contributed by atoms with Gasteiger partial charge in [-0.3, -0.25) is 0 Å². The van der Waals surface area contributed by atoms with Crippen molar-refractivity contribution in [3.8, 4) is 10.4 Å². The second-order valence-corrected chi connectivity index (χ2v) is 6.30. The van der Waals surface area contributed by atoms with Crippen molar-refractivity contribution in [3.63, 3.8) is 0 Å². The molecule has 0 aliphatic carbocycles. The number of thiophene rings is 1. The highest BCUT2D eigenvalue weighted by Gasteiger charge is 2.03. The van der Waals surface area contributed by atoms with Crippen LogP contribution in [0.15, 0.2) is 46.4 Å². The van der Waals surface area contributed by atoms with Crippen LogP contribution in [0.3, 0.4) is 0 Å². The van der Waals surface area contributed by atoms with Gasteiger partial charge in [-0.05, 0) is 55.3 Å². The molecule has 0 amide bonds. The second kappa shape index (κ2) is 5.83. The van der Waals surface area contributed by atoms with E-state index in [1.165, 1.54) is 15.3 Å². The molecule has 1 N–H and O–H groups in total. The van der Waals surface area contributed by atoms with Crippen molar-refractivity contribution in [3.05, 3.63) is 51.3 Å². The van der Waals surface area contributed by atoms with Crippen molar-refractivity contribution < 1.29 is 5.11 Å². The summed E-state index contributed by atoms with van der Waals surface area (Å²) in [6, 6.07) is 12.5. The minimum Gasteiger partial charge on any atom is -0.389 e. The van der Waals surface area contributed by atoms with Gasteiger partial charge in [-0.25, -0.2) is 0 Å². The Morgan fingerprint density at radius 1 is 1.22 bits per heavy atom. The summed E-state index contributed by atoms with van der Waals surface area (Å²) in [5.41, 5.74) is 2.21. The summed E-state index contributed by atoms with van der Waals surface area (Å²) in [4.78, 5) is 2.42. The van der Waals surface area contributed by atoms with Crippen LogP contribution in [-0.2, 0) is 0 Å². The van der Waals surface area contributed by atoms with Crippen LogP contribution >= 0.6 is 27.3 Å². The first-order valence-electron chi connectivity index (χ1n) is 5.78. The molecular formula is C15H15BrOS. The normalized spacial score (nSPS) is 13.7. The van der Waals surface area contributed by atoms with E-state index in [0.717, 1.165) is 10.0 Å². The van der Waals surface area contributed by atoms with E-state index in [-0.39, 0.29) is 6.10 Å². The molecule has 1 aromatic heterocycles. The summed E-state index contributed by atoms with van der Waals surface area (Å²) in [6.45, 7) is 3.73. The first-order chi connectivity index (χ1) is 8.56. The Morgan fingerprint density at radius 2 is 1.89 bits per heavy atom. The number of hydrogen-bond donors (Lipinski definition) is 1. The Morgan fingerprint density at radius 3 is 2.50 bits per heavy atom. The lowest BCUT2D eigenvalue weighted by atomic mass is 10.1. The molecular weight excluding hydrogens is 308 g/mol. The molecule has 94 valence electrons. The molecule has 0 saturated heterocycles. The van der Waals surface area contributed by atoms with Gasteiger partial charge in [0.15, 0.2) is 0 Å². The van der Waals surface area contributed by atoms with Crippen LogP contribution in [0.4, 0.5) is 0 Å². The van der Waals surface area contributed by atoms with Gasteiger partial charge in [0.1, 0.15) is 0 Å². The fourth-order valence-electron chi connectivity index (χ4n) is 1.54. The second-order valence-electron chi connectivity index (χ2n) is 4.27. The van der Waals surface area contributed by atoms with E-state index in [1.54, 1.807) is 18.3 Å². The topological polar surface area (TPSA) is 20.2 Å². The summed E-state index contributed by atoms with van der Waals surface area (Å²) < 4.78 is 1.09. The lowest BCUT2D eigenvalue weighted by molar-refractivity contribution is 0.232. The Bertz CT molecular complexity index is 552. The summed E-state index contributed by atoms with van der Waals surface area (Å²) >= 11 is 5.17. The highest BCUT2D eigenvalue weighted by atomic mass is 79.9. The average molecular weight is 323 g/mol. The third-order valence-electron chi connectivity index (χ3n) is 2.78. The van der Waals surface area contributed by atoms with Gasteiger partial charge >= 0.3 is 0 Å². The Balaban J connectivity index is 2.25. The third kappa shape index (κ3) is 3.31. The quantitative estimate of drug-likeness (QED) is 0.846. The average Bonchev–Trinajstić information content (AvgIpc) is 2.78. The van der Waals surface area contributed by atoms with Crippen molar-refractivity contribution >= 4 is 33.3 Å². The lowest BCUT2D eigenvalue weighted by Crippen LogP contribution is -1.99. The summed E-state index contributed by atoms with van der Waals surface area (Å²) in [5, 5.41) is 9.47. The number of aliphatic hydroxyl groups is 1. The van der Waals surface area contributed by atoms with E-state index < -0.39 is 0 Å². The maximum atomic E-state index is 9.47. The van der Waals surface area contributed by atoms with Crippen LogP contribution in [-0.4, -0.2) is 11.2 Å². The molecule has 1 nitrogen and oxygen atoms in total. The number of rotatable bonds is 3. The van der Waals surface area contributed by atoms with Crippen molar-refractivity contribution in [1.29, 1.82) is 0 Å². The van der Waals surface area contributed by atoms with Crippen LogP contribution in [0.25, 0.3) is 16.5 Å². The van der Waals surface area contributed by atoms with Crippen molar-refractivity contribution in [2.24, 2.45) is 0 Å². The van der Waals surface area contributed by atoms with Gasteiger partial charge in [0.25, 0.3) is 0 Å². The van der Waals surface area contributed by atoms with Crippen LogP contribution < -0.4 is 0 Å². The summed E-state index contributed by atoms with van der Waals surface area (Å²) in [6.07, 6.45) is 1.65. The largest absolute Gasteiger partial charge is 0.389 e. The van der Waals surface area contributed by atoms with E-state index in [9.17, 15) is 5.11 Å². The Hall–Kier alpha value is -0.900. The molecule has 0 saturated carbocycles. The Labute approximate surface area is 120 Å². The predicted octanol–water partition coefficient (Wildman–Crippen LogP) is 4.96.